The number of aromatic hydroxyl groups is 1. The van der Waals surface area contributed by atoms with Crippen molar-refractivity contribution in [2.24, 2.45) is 0 Å². The summed E-state index contributed by atoms with van der Waals surface area (Å²) in [4.78, 5) is 11.3. The van der Waals surface area contributed by atoms with Crippen molar-refractivity contribution in [1.82, 2.24) is 5.32 Å². The van der Waals surface area contributed by atoms with Crippen LogP contribution in [0.3, 0.4) is 0 Å². The van der Waals surface area contributed by atoms with Gasteiger partial charge in [-0.2, -0.15) is 0 Å². The third-order valence-electron chi connectivity index (χ3n) is 3.67. The van der Waals surface area contributed by atoms with E-state index in [9.17, 15) is 9.90 Å². The third kappa shape index (κ3) is 4.23. The second-order valence-electron chi connectivity index (χ2n) is 7.89. The quantitative estimate of drug-likeness (QED) is 0.858. The van der Waals surface area contributed by atoms with Gasteiger partial charge in [-0.3, -0.25) is 4.79 Å². The fourth-order valence-corrected chi connectivity index (χ4v) is 2.44. The summed E-state index contributed by atoms with van der Waals surface area (Å²) in [6, 6.07) is 3.93. The van der Waals surface area contributed by atoms with Crippen LogP contribution in [-0.4, -0.2) is 11.0 Å². The van der Waals surface area contributed by atoms with Crippen LogP contribution in [0.15, 0.2) is 12.1 Å². The predicted octanol–water partition coefficient (Wildman–Crippen LogP) is 4.18. The molecule has 1 rings (SSSR count). The lowest BCUT2D eigenvalue weighted by atomic mass is 9.78. The number of hydrogen-bond donors (Lipinski definition) is 2. The highest BCUT2D eigenvalue weighted by Gasteiger charge is 2.27. The van der Waals surface area contributed by atoms with Gasteiger partial charge < -0.3 is 10.4 Å². The molecule has 0 saturated carbocycles. The molecule has 1 aromatic rings. The van der Waals surface area contributed by atoms with E-state index < -0.39 is 0 Å². The minimum atomic E-state index is -0.157. The highest BCUT2D eigenvalue weighted by atomic mass is 16.3. The Morgan fingerprint density at radius 1 is 1.05 bits per heavy atom. The number of carbonyl (C=O) groups is 1. The Labute approximate surface area is 128 Å². The van der Waals surface area contributed by atoms with Crippen LogP contribution in [0.25, 0.3) is 0 Å². The van der Waals surface area contributed by atoms with Crippen LogP contribution in [0, 0.1) is 0 Å². The third-order valence-corrected chi connectivity index (χ3v) is 3.67. The molecule has 21 heavy (non-hydrogen) atoms. The van der Waals surface area contributed by atoms with Gasteiger partial charge in [-0.1, -0.05) is 41.5 Å². The van der Waals surface area contributed by atoms with Crippen molar-refractivity contribution in [3.8, 4) is 5.75 Å². The molecule has 1 aromatic carbocycles. The van der Waals surface area contributed by atoms with Gasteiger partial charge in [0.2, 0.25) is 5.91 Å². The molecule has 0 saturated heterocycles. The number of benzene rings is 1. The molecule has 0 aliphatic heterocycles. The first kappa shape index (κ1) is 17.5. The Kier molecular flexibility index (Phi) is 4.76. The zero-order valence-electron chi connectivity index (χ0n) is 14.6. The largest absolute Gasteiger partial charge is 0.507 e. The van der Waals surface area contributed by atoms with E-state index in [2.05, 4.69) is 46.9 Å². The van der Waals surface area contributed by atoms with Crippen molar-refractivity contribution in [2.75, 3.05) is 0 Å². The van der Waals surface area contributed by atoms with E-state index in [1.807, 2.05) is 19.1 Å². The molecule has 0 aliphatic rings. The topological polar surface area (TPSA) is 49.3 Å². The molecule has 3 nitrogen and oxygen atoms in total. The van der Waals surface area contributed by atoms with Crippen molar-refractivity contribution < 1.29 is 9.90 Å². The average molecular weight is 291 g/mol. The summed E-state index contributed by atoms with van der Waals surface area (Å²) in [5.74, 6) is 0.318. The summed E-state index contributed by atoms with van der Waals surface area (Å²) in [5.41, 5.74) is 2.55. The van der Waals surface area contributed by atoms with Crippen molar-refractivity contribution in [3.63, 3.8) is 0 Å². The molecule has 1 atom stereocenters. The first-order valence-electron chi connectivity index (χ1n) is 7.49. The van der Waals surface area contributed by atoms with Gasteiger partial charge in [0.15, 0.2) is 0 Å². The van der Waals surface area contributed by atoms with Gasteiger partial charge in [0, 0.05) is 6.92 Å². The molecule has 0 unspecified atom stereocenters. The van der Waals surface area contributed by atoms with Crippen LogP contribution in [0.1, 0.15) is 78.1 Å². The Bertz CT molecular complexity index is 498. The predicted molar refractivity (Wildman–Crippen MR) is 87.7 cm³/mol. The van der Waals surface area contributed by atoms with Gasteiger partial charge >= 0.3 is 0 Å². The second kappa shape index (κ2) is 5.70. The number of amides is 1. The van der Waals surface area contributed by atoms with Crippen molar-refractivity contribution in [3.05, 3.63) is 28.8 Å². The van der Waals surface area contributed by atoms with Crippen LogP contribution in [0.2, 0.25) is 0 Å². The van der Waals surface area contributed by atoms with Crippen molar-refractivity contribution in [1.29, 1.82) is 0 Å². The SMILES string of the molecule is CC(=O)N[C@@H](C)c1cc(C(C)(C)C)c(O)c(C(C)(C)C)c1. The Morgan fingerprint density at radius 3 is 1.71 bits per heavy atom. The number of nitrogens with one attached hydrogen (secondary N) is 1. The van der Waals surface area contributed by atoms with Gasteiger partial charge in [-0.25, -0.2) is 0 Å². The summed E-state index contributed by atoms with van der Waals surface area (Å²) in [7, 11) is 0. The summed E-state index contributed by atoms with van der Waals surface area (Å²) in [6.07, 6.45) is 0. The van der Waals surface area contributed by atoms with E-state index in [0.29, 0.717) is 5.75 Å². The monoisotopic (exact) mass is 291 g/mol. The number of rotatable bonds is 2. The highest BCUT2D eigenvalue weighted by Crippen LogP contribution is 2.40. The van der Waals surface area contributed by atoms with Gasteiger partial charge in [-0.05, 0) is 46.6 Å². The zero-order valence-corrected chi connectivity index (χ0v) is 14.6. The molecule has 2 N–H and O–H groups in total. The minimum absolute atomic E-state index is 0.0507. The lowest BCUT2D eigenvalue weighted by molar-refractivity contribution is -0.119. The molecule has 118 valence electrons. The molecule has 3 heteroatoms. The minimum Gasteiger partial charge on any atom is -0.507 e. The standard InChI is InChI=1S/C18H29NO2/c1-11(19-12(2)20)13-9-14(17(3,4)5)16(21)15(10-13)18(6,7)8/h9-11,21H,1-8H3,(H,19,20)/t11-/m0/s1. The molecular weight excluding hydrogens is 262 g/mol. The molecule has 0 aliphatic carbocycles. The number of hydrogen-bond acceptors (Lipinski definition) is 2. The first-order chi connectivity index (χ1) is 9.34. The normalized spacial score (nSPS) is 13.9. The van der Waals surface area contributed by atoms with E-state index in [0.717, 1.165) is 16.7 Å². The lowest BCUT2D eigenvalue weighted by Crippen LogP contribution is -2.25. The summed E-state index contributed by atoms with van der Waals surface area (Å²) >= 11 is 0. The molecule has 0 radical (unpaired) electrons. The van der Waals surface area contributed by atoms with Crippen LogP contribution in [0.4, 0.5) is 0 Å². The lowest BCUT2D eigenvalue weighted by Gasteiger charge is -2.29. The van der Waals surface area contributed by atoms with E-state index in [1.54, 1.807) is 0 Å². The summed E-state index contributed by atoms with van der Waals surface area (Å²) in [6.45, 7) is 16.0. The molecule has 1 amide bonds. The number of phenols is 1. The first-order valence-corrected chi connectivity index (χ1v) is 7.49. The van der Waals surface area contributed by atoms with E-state index >= 15 is 0 Å². The van der Waals surface area contributed by atoms with Crippen molar-refractivity contribution >= 4 is 5.91 Å². The van der Waals surface area contributed by atoms with Gasteiger partial charge in [0.1, 0.15) is 5.75 Å². The fraction of sp³-hybridized carbons (Fsp3) is 0.611. The number of carbonyl (C=O) groups excluding carboxylic acids is 1. The molecule has 0 spiro atoms. The van der Waals surface area contributed by atoms with Crippen LogP contribution >= 0.6 is 0 Å². The maximum absolute atomic E-state index is 11.3. The Balaban J connectivity index is 3.51. The average Bonchev–Trinajstić information content (AvgIpc) is 2.24. The van der Waals surface area contributed by atoms with E-state index in [4.69, 9.17) is 0 Å². The molecular formula is C18H29NO2. The van der Waals surface area contributed by atoms with Gasteiger partial charge in [0.05, 0.1) is 6.04 Å². The highest BCUT2D eigenvalue weighted by molar-refractivity contribution is 5.73. The molecule has 0 aromatic heterocycles. The van der Waals surface area contributed by atoms with E-state index in [1.165, 1.54) is 6.92 Å². The van der Waals surface area contributed by atoms with Crippen LogP contribution in [-0.2, 0) is 15.6 Å². The van der Waals surface area contributed by atoms with E-state index in [-0.39, 0.29) is 22.8 Å². The maximum atomic E-state index is 11.3. The van der Waals surface area contributed by atoms with Gasteiger partial charge in [-0.15, -0.1) is 0 Å². The maximum Gasteiger partial charge on any atom is 0.217 e. The molecule has 0 fully saturated rings. The van der Waals surface area contributed by atoms with Crippen LogP contribution < -0.4 is 5.32 Å². The zero-order chi connectivity index (χ0) is 16.6. The molecule has 0 heterocycles. The Morgan fingerprint density at radius 2 is 1.43 bits per heavy atom. The second-order valence-corrected chi connectivity index (χ2v) is 7.89. The number of phenolic OH excluding ortho intramolecular Hbond substituents is 1. The Hall–Kier alpha value is -1.51. The van der Waals surface area contributed by atoms with Gasteiger partial charge in [0.25, 0.3) is 0 Å². The summed E-state index contributed by atoms with van der Waals surface area (Å²) in [5, 5.41) is 13.6. The fourth-order valence-electron chi connectivity index (χ4n) is 2.44. The summed E-state index contributed by atoms with van der Waals surface area (Å²) < 4.78 is 0. The van der Waals surface area contributed by atoms with Crippen LogP contribution in [0.5, 0.6) is 5.75 Å². The van der Waals surface area contributed by atoms with Crippen molar-refractivity contribution in [2.45, 2.75) is 72.3 Å². The molecule has 0 bridgehead atoms. The smallest absolute Gasteiger partial charge is 0.217 e.